The van der Waals surface area contributed by atoms with Gasteiger partial charge in [-0.3, -0.25) is 9.69 Å². The van der Waals surface area contributed by atoms with E-state index in [2.05, 4.69) is 23.2 Å². The van der Waals surface area contributed by atoms with E-state index in [0.29, 0.717) is 5.91 Å². The molecule has 0 radical (unpaired) electrons. The summed E-state index contributed by atoms with van der Waals surface area (Å²) in [5, 5.41) is 4.16. The van der Waals surface area contributed by atoms with Crippen molar-refractivity contribution in [2.24, 2.45) is 5.92 Å². The van der Waals surface area contributed by atoms with Gasteiger partial charge in [-0.05, 0) is 37.9 Å². The van der Waals surface area contributed by atoms with Crippen molar-refractivity contribution in [3.63, 3.8) is 0 Å². The third-order valence-electron chi connectivity index (χ3n) is 5.18. The Kier molecular flexibility index (Phi) is 9.54. The van der Waals surface area contributed by atoms with E-state index < -0.39 is 0 Å². The SMILES string of the molecule is CC(c1ccccc1Cl)N1CCN(C(=O)C2CCCNC2)CC1.Cl.Cl. The molecule has 1 amide bonds. The molecule has 2 aliphatic heterocycles. The monoisotopic (exact) mass is 407 g/mol. The van der Waals surface area contributed by atoms with Gasteiger partial charge in [0.15, 0.2) is 0 Å². The molecule has 2 saturated heterocycles. The Morgan fingerprint density at radius 3 is 2.48 bits per heavy atom. The van der Waals surface area contributed by atoms with E-state index in [0.717, 1.165) is 57.1 Å². The fourth-order valence-corrected chi connectivity index (χ4v) is 3.95. The van der Waals surface area contributed by atoms with Crippen LogP contribution in [0.5, 0.6) is 0 Å². The number of nitrogens with zero attached hydrogens (tertiary/aromatic N) is 2. The molecule has 1 aromatic carbocycles. The van der Waals surface area contributed by atoms with Gasteiger partial charge in [-0.15, -0.1) is 24.8 Å². The molecule has 1 N–H and O–H groups in total. The normalized spacial score (nSPS) is 22.5. The molecular weight excluding hydrogens is 381 g/mol. The molecule has 7 heteroatoms. The van der Waals surface area contributed by atoms with E-state index in [1.54, 1.807) is 0 Å². The third kappa shape index (κ3) is 5.48. The van der Waals surface area contributed by atoms with Crippen molar-refractivity contribution in [2.75, 3.05) is 39.3 Å². The lowest BCUT2D eigenvalue weighted by Gasteiger charge is -2.40. The molecule has 25 heavy (non-hydrogen) atoms. The summed E-state index contributed by atoms with van der Waals surface area (Å²) in [6.07, 6.45) is 2.14. The van der Waals surface area contributed by atoms with Crippen molar-refractivity contribution in [2.45, 2.75) is 25.8 Å². The number of hydrogen-bond donors (Lipinski definition) is 1. The van der Waals surface area contributed by atoms with Crippen molar-refractivity contribution in [1.29, 1.82) is 0 Å². The van der Waals surface area contributed by atoms with Crippen LogP contribution in [0, 0.1) is 5.92 Å². The van der Waals surface area contributed by atoms with Gasteiger partial charge in [-0.1, -0.05) is 29.8 Å². The summed E-state index contributed by atoms with van der Waals surface area (Å²) in [5.74, 6) is 0.513. The van der Waals surface area contributed by atoms with Gasteiger partial charge < -0.3 is 10.2 Å². The molecule has 2 fully saturated rings. The number of rotatable bonds is 3. The van der Waals surface area contributed by atoms with Crippen LogP contribution < -0.4 is 5.32 Å². The Bertz CT molecular complexity index is 544. The molecule has 0 aromatic heterocycles. The highest BCUT2D eigenvalue weighted by Crippen LogP contribution is 2.28. The van der Waals surface area contributed by atoms with Gasteiger partial charge in [0.25, 0.3) is 0 Å². The molecular formula is C18H28Cl3N3O. The molecule has 142 valence electrons. The fourth-order valence-electron chi connectivity index (χ4n) is 3.66. The standard InChI is InChI=1S/C18H26ClN3O.2ClH/c1-14(16-6-2-3-7-17(16)19)21-9-11-22(12-10-21)18(23)15-5-4-8-20-13-15;;/h2-3,6-7,14-15,20H,4-5,8-13H2,1H3;2*1H. The quantitative estimate of drug-likeness (QED) is 0.832. The zero-order chi connectivity index (χ0) is 16.2. The highest BCUT2D eigenvalue weighted by molar-refractivity contribution is 6.31. The first-order chi connectivity index (χ1) is 11.2. The number of piperidine rings is 1. The lowest BCUT2D eigenvalue weighted by molar-refractivity contribution is -0.138. The Hall–Kier alpha value is -0.520. The van der Waals surface area contributed by atoms with Crippen LogP contribution in [0.2, 0.25) is 5.02 Å². The summed E-state index contributed by atoms with van der Waals surface area (Å²) in [7, 11) is 0. The minimum Gasteiger partial charge on any atom is -0.340 e. The van der Waals surface area contributed by atoms with Crippen LogP contribution in [0.4, 0.5) is 0 Å². The Morgan fingerprint density at radius 1 is 1.20 bits per heavy atom. The van der Waals surface area contributed by atoms with Gasteiger partial charge in [0.05, 0.1) is 5.92 Å². The first-order valence-electron chi connectivity index (χ1n) is 8.65. The van der Waals surface area contributed by atoms with Crippen LogP contribution in [0.3, 0.4) is 0 Å². The molecule has 0 spiro atoms. The Labute approximate surface area is 168 Å². The highest BCUT2D eigenvalue weighted by atomic mass is 35.5. The van der Waals surface area contributed by atoms with Crippen molar-refractivity contribution >= 4 is 42.3 Å². The summed E-state index contributed by atoms with van der Waals surface area (Å²) in [4.78, 5) is 17.1. The predicted octanol–water partition coefficient (Wildman–Crippen LogP) is 3.39. The number of amides is 1. The van der Waals surface area contributed by atoms with E-state index in [9.17, 15) is 4.79 Å². The number of carbonyl (C=O) groups excluding carboxylic acids is 1. The molecule has 1 aromatic rings. The van der Waals surface area contributed by atoms with Crippen molar-refractivity contribution < 1.29 is 4.79 Å². The van der Waals surface area contributed by atoms with Gasteiger partial charge in [-0.25, -0.2) is 0 Å². The summed E-state index contributed by atoms with van der Waals surface area (Å²) in [6, 6.07) is 8.33. The highest BCUT2D eigenvalue weighted by Gasteiger charge is 2.30. The number of piperazine rings is 1. The molecule has 2 heterocycles. The third-order valence-corrected chi connectivity index (χ3v) is 5.52. The number of carbonyl (C=O) groups is 1. The molecule has 4 nitrogen and oxygen atoms in total. The van der Waals surface area contributed by atoms with Crippen LogP contribution in [0.15, 0.2) is 24.3 Å². The molecule has 3 rings (SSSR count). The van der Waals surface area contributed by atoms with Gasteiger partial charge in [0.2, 0.25) is 5.91 Å². The van der Waals surface area contributed by atoms with E-state index in [1.165, 1.54) is 5.56 Å². The smallest absolute Gasteiger partial charge is 0.227 e. The van der Waals surface area contributed by atoms with Gasteiger partial charge in [-0.2, -0.15) is 0 Å². The van der Waals surface area contributed by atoms with Crippen molar-refractivity contribution in [3.8, 4) is 0 Å². The van der Waals surface area contributed by atoms with E-state index in [1.807, 2.05) is 23.1 Å². The number of nitrogens with one attached hydrogen (secondary N) is 1. The van der Waals surface area contributed by atoms with Crippen LogP contribution in [0.1, 0.15) is 31.4 Å². The van der Waals surface area contributed by atoms with E-state index in [-0.39, 0.29) is 36.8 Å². The first kappa shape index (κ1) is 22.5. The van der Waals surface area contributed by atoms with Crippen LogP contribution in [-0.4, -0.2) is 55.0 Å². The van der Waals surface area contributed by atoms with Crippen molar-refractivity contribution in [3.05, 3.63) is 34.9 Å². The summed E-state index contributed by atoms with van der Waals surface area (Å²) in [6.45, 7) is 7.57. The zero-order valence-electron chi connectivity index (χ0n) is 14.6. The maximum absolute atomic E-state index is 12.6. The second kappa shape index (κ2) is 10.6. The molecule has 2 aliphatic rings. The number of hydrogen-bond acceptors (Lipinski definition) is 3. The van der Waals surface area contributed by atoms with E-state index in [4.69, 9.17) is 11.6 Å². The van der Waals surface area contributed by atoms with Crippen LogP contribution in [-0.2, 0) is 4.79 Å². The lowest BCUT2D eigenvalue weighted by atomic mass is 9.97. The average Bonchev–Trinajstić information content (AvgIpc) is 2.62. The summed E-state index contributed by atoms with van der Waals surface area (Å²) >= 11 is 6.32. The second-order valence-corrected chi connectivity index (χ2v) is 7.01. The van der Waals surface area contributed by atoms with Gasteiger partial charge in [0, 0.05) is 43.8 Å². The topological polar surface area (TPSA) is 35.6 Å². The summed E-state index contributed by atoms with van der Waals surface area (Å²) in [5.41, 5.74) is 1.17. The Balaban J connectivity index is 0.00000156. The Morgan fingerprint density at radius 2 is 1.88 bits per heavy atom. The minimum atomic E-state index is 0. The molecule has 2 atom stereocenters. The average molecular weight is 409 g/mol. The molecule has 2 unspecified atom stereocenters. The van der Waals surface area contributed by atoms with Crippen LogP contribution in [0.25, 0.3) is 0 Å². The minimum absolute atomic E-state index is 0. The zero-order valence-corrected chi connectivity index (χ0v) is 17.0. The van der Waals surface area contributed by atoms with Gasteiger partial charge in [0.1, 0.15) is 0 Å². The number of benzene rings is 1. The maximum Gasteiger partial charge on any atom is 0.227 e. The fraction of sp³-hybridized carbons (Fsp3) is 0.611. The largest absolute Gasteiger partial charge is 0.340 e. The number of halogens is 3. The summed E-state index contributed by atoms with van der Waals surface area (Å²) < 4.78 is 0. The second-order valence-electron chi connectivity index (χ2n) is 6.60. The first-order valence-corrected chi connectivity index (χ1v) is 9.02. The molecule has 0 aliphatic carbocycles. The lowest BCUT2D eigenvalue weighted by Crippen LogP contribution is -2.52. The molecule has 0 bridgehead atoms. The van der Waals surface area contributed by atoms with E-state index >= 15 is 0 Å². The molecule has 0 saturated carbocycles. The van der Waals surface area contributed by atoms with Crippen LogP contribution >= 0.6 is 36.4 Å². The maximum atomic E-state index is 12.6. The van der Waals surface area contributed by atoms with Crippen molar-refractivity contribution in [1.82, 2.24) is 15.1 Å². The predicted molar refractivity (Wildman–Crippen MR) is 108 cm³/mol. The van der Waals surface area contributed by atoms with Gasteiger partial charge >= 0.3 is 0 Å².